The number of hydrogen-bond donors (Lipinski definition) is 1. The maximum Gasteiger partial charge on any atom is 0.0292 e. The van der Waals surface area contributed by atoms with Gasteiger partial charge in [0.1, 0.15) is 0 Å². The molecule has 0 amide bonds. The van der Waals surface area contributed by atoms with Crippen LogP contribution in [0.5, 0.6) is 0 Å². The lowest BCUT2D eigenvalue weighted by atomic mass is 10.1. The number of rotatable bonds is 5. The fraction of sp³-hybridized carbons (Fsp3) is 0.571. The van der Waals surface area contributed by atoms with Crippen LogP contribution in [0.3, 0.4) is 0 Å². The van der Waals surface area contributed by atoms with E-state index in [4.69, 9.17) is 0 Å². The molecular formula is C14H23NS. The molecule has 0 fully saturated rings. The van der Waals surface area contributed by atoms with Gasteiger partial charge in [-0.15, -0.1) is 0 Å². The minimum atomic E-state index is 0.304. The van der Waals surface area contributed by atoms with Crippen molar-refractivity contribution < 1.29 is 0 Å². The molecule has 0 aliphatic heterocycles. The van der Waals surface area contributed by atoms with Crippen LogP contribution >= 0.6 is 11.8 Å². The van der Waals surface area contributed by atoms with Crippen molar-refractivity contribution in [1.82, 2.24) is 5.32 Å². The lowest BCUT2D eigenvalue weighted by molar-refractivity contribution is 0.522. The third-order valence-corrected chi connectivity index (χ3v) is 4.18. The second-order valence-electron chi connectivity index (χ2n) is 4.98. The van der Waals surface area contributed by atoms with Crippen LogP contribution in [-0.4, -0.2) is 17.5 Å². The molecule has 0 saturated carbocycles. The quantitative estimate of drug-likeness (QED) is 0.836. The van der Waals surface area contributed by atoms with Gasteiger partial charge in [-0.05, 0) is 39.5 Å². The van der Waals surface area contributed by atoms with E-state index in [0.717, 1.165) is 6.54 Å². The van der Waals surface area contributed by atoms with Crippen LogP contribution in [0, 0.1) is 6.92 Å². The van der Waals surface area contributed by atoms with Crippen LogP contribution in [0.1, 0.15) is 37.9 Å². The predicted octanol–water partition coefficient (Wildman–Crippen LogP) is 3.79. The monoisotopic (exact) mass is 237 g/mol. The summed E-state index contributed by atoms with van der Waals surface area (Å²) in [5, 5.41) is 3.60. The summed E-state index contributed by atoms with van der Waals surface area (Å²) in [5.74, 6) is 0. The molecule has 16 heavy (non-hydrogen) atoms. The Balaban J connectivity index is 2.56. The Hall–Kier alpha value is -0.470. The molecule has 1 atom stereocenters. The summed E-state index contributed by atoms with van der Waals surface area (Å²) in [6.45, 7) is 9.94. The fourth-order valence-corrected chi connectivity index (χ4v) is 1.76. The summed E-state index contributed by atoms with van der Waals surface area (Å²) in [6.07, 6.45) is 2.17. The molecule has 1 aromatic carbocycles. The largest absolute Gasteiger partial charge is 0.309 e. The van der Waals surface area contributed by atoms with Crippen molar-refractivity contribution in [3.05, 3.63) is 35.4 Å². The van der Waals surface area contributed by atoms with E-state index in [0.29, 0.717) is 10.8 Å². The Morgan fingerprint density at radius 1 is 1.38 bits per heavy atom. The second-order valence-corrected chi connectivity index (χ2v) is 6.49. The van der Waals surface area contributed by atoms with Gasteiger partial charge in [-0.1, -0.05) is 29.8 Å². The van der Waals surface area contributed by atoms with Gasteiger partial charge in [0, 0.05) is 17.3 Å². The highest BCUT2D eigenvalue weighted by Crippen LogP contribution is 2.21. The van der Waals surface area contributed by atoms with Gasteiger partial charge >= 0.3 is 0 Å². The highest BCUT2D eigenvalue weighted by molar-refractivity contribution is 7.99. The van der Waals surface area contributed by atoms with Crippen molar-refractivity contribution in [3.8, 4) is 0 Å². The highest BCUT2D eigenvalue weighted by Gasteiger charge is 2.16. The van der Waals surface area contributed by atoms with Crippen molar-refractivity contribution in [1.29, 1.82) is 0 Å². The Kier molecular flexibility index (Phi) is 4.88. The van der Waals surface area contributed by atoms with Crippen molar-refractivity contribution in [2.75, 3.05) is 12.8 Å². The number of hydrogen-bond acceptors (Lipinski definition) is 2. The Morgan fingerprint density at radius 2 is 2.06 bits per heavy atom. The third kappa shape index (κ3) is 4.18. The molecule has 0 spiro atoms. The molecule has 0 heterocycles. The summed E-state index contributed by atoms with van der Waals surface area (Å²) in [7, 11) is 0. The summed E-state index contributed by atoms with van der Waals surface area (Å²) in [4.78, 5) is 0. The van der Waals surface area contributed by atoms with E-state index in [1.165, 1.54) is 11.1 Å². The first kappa shape index (κ1) is 13.6. The zero-order chi connectivity index (χ0) is 12.2. The molecule has 0 aliphatic carbocycles. The Bertz CT molecular complexity index is 333. The van der Waals surface area contributed by atoms with Gasteiger partial charge in [0.15, 0.2) is 0 Å². The van der Waals surface area contributed by atoms with Crippen molar-refractivity contribution >= 4 is 11.8 Å². The smallest absolute Gasteiger partial charge is 0.0292 e. The fourth-order valence-electron chi connectivity index (χ4n) is 1.53. The van der Waals surface area contributed by atoms with E-state index in [1.807, 2.05) is 11.8 Å². The first-order chi connectivity index (χ1) is 7.44. The number of aryl methyl sites for hydroxylation is 1. The average Bonchev–Trinajstić information content (AvgIpc) is 2.26. The van der Waals surface area contributed by atoms with Gasteiger partial charge in [0.05, 0.1) is 0 Å². The van der Waals surface area contributed by atoms with E-state index < -0.39 is 0 Å². The molecule has 2 heteroatoms. The van der Waals surface area contributed by atoms with E-state index in [-0.39, 0.29) is 0 Å². The van der Waals surface area contributed by atoms with Crippen LogP contribution in [0.25, 0.3) is 0 Å². The number of nitrogens with one attached hydrogen (secondary N) is 1. The van der Waals surface area contributed by atoms with Gasteiger partial charge in [-0.2, -0.15) is 11.8 Å². The van der Waals surface area contributed by atoms with Crippen LogP contribution < -0.4 is 5.32 Å². The van der Waals surface area contributed by atoms with Gasteiger partial charge in [-0.25, -0.2) is 0 Å². The topological polar surface area (TPSA) is 12.0 Å². The van der Waals surface area contributed by atoms with E-state index >= 15 is 0 Å². The summed E-state index contributed by atoms with van der Waals surface area (Å²) < 4.78 is 0.304. The highest BCUT2D eigenvalue weighted by atomic mass is 32.2. The first-order valence-corrected chi connectivity index (χ1v) is 7.02. The van der Waals surface area contributed by atoms with Crippen molar-refractivity contribution in [2.45, 2.75) is 38.5 Å². The van der Waals surface area contributed by atoms with Gasteiger partial charge in [0.2, 0.25) is 0 Å². The SMILES string of the molecule is CSC(C)(C)CNC(C)c1cccc(C)c1. The maximum atomic E-state index is 3.60. The molecule has 0 aromatic heterocycles. The van der Waals surface area contributed by atoms with Crippen molar-refractivity contribution in [2.24, 2.45) is 0 Å². The van der Waals surface area contributed by atoms with Crippen LogP contribution in [-0.2, 0) is 0 Å². The molecular weight excluding hydrogens is 214 g/mol. The molecule has 0 bridgehead atoms. The van der Waals surface area contributed by atoms with Gasteiger partial charge < -0.3 is 5.32 Å². The predicted molar refractivity (Wildman–Crippen MR) is 75.2 cm³/mol. The molecule has 1 nitrogen and oxygen atoms in total. The zero-order valence-corrected chi connectivity index (χ0v) is 11.8. The lowest BCUT2D eigenvalue weighted by Crippen LogP contribution is -2.33. The molecule has 0 saturated heterocycles. The summed E-state index contributed by atoms with van der Waals surface area (Å²) in [6, 6.07) is 9.14. The minimum Gasteiger partial charge on any atom is -0.309 e. The summed E-state index contributed by atoms with van der Waals surface area (Å²) >= 11 is 1.90. The van der Waals surface area contributed by atoms with Crippen molar-refractivity contribution in [3.63, 3.8) is 0 Å². The minimum absolute atomic E-state index is 0.304. The molecule has 90 valence electrons. The molecule has 1 N–H and O–H groups in total. The molecule has 1 aromatic rings. The number of benzene rings is 1. The average molecular weight is 237 g/mol. The molecule has 1 unspecified atom stereocenters. The maximum absolute atomic E-state index is 3.60. The zero-order valence-electron chi connectivity index (χ0n) is 11.0. The number of thioether (sulfide) groups is 1. The molecule has 0 radical (unpaired) electrons. The molecule has 1 rings (SSSR count). The van der Waals surface area contributed by atoms with Crippen LogP contribution in [0.2, 0.25) is 0 Å². The summed E-state index contributed by atoms with van der Waals surface area (Å²) in [5.41, 5.74) is 2.70. The standard InChI is InChI=1S/C14H23NS/c1-11-7-6-8-13(9-11)12(2)15-10-14(3,4)16-5/h6-9,12,15H,10H2,1-5H3. The van der Waals surface area contributed by atoms with Gasteiger partial charge in [0.25, 0.3) is 0 Å². The molecule has 0 aliphatic rings. The van der Waals surface area contributed by atoms with Crippen LogP contribution in [0.15, 0.2) is 24.3 Å². The normalized spacial score (nSPS) is 13.8. The van der Waals surface area contributed by atoms with E-state index in [2.05, 4.69) is 63.5 Å². The Morgan fingerprint density at radius 3 is 2.62 bits per heavy atom. The van der Waals surface area contributed by atoms with Gasteiger partial charge in [-0.3, -0.25) is 0 Å². The Labute approximate surface area is 104 Å². The van der Waals surface area contributed by atoms with E-state index in [9.17, 15) is 0 Å². The first-order valence-electron chi connectivity index (χ1n) is 5.80. The van der Waals surface area contributed by atoms with Crippen LogP contribution in [0.4, 0.5) is 0 Å². The second kappa shape index (κ2) is 5.74. The third-order valence-electron chi connectivity index (χ3n) is 2.93. The lowest BCUT2D eigenvalue weighted by Gasteiger charge is -2.25. The van der Waals surface area contributed by atoms with E-state index in [1.54, 1.807) is 0 Å².